The van der Waals surface area contributed by atoms with E-state index in [-0.39, 0.29) is 5.57 Å². The van der Waals surface area contributed by atoms with Gasteiger partial charge in [-0.15, -0.1) is 0 Å². The molecule has 4 rings (SSSR count). The van der Waals surface area contributed by atoms with Crippen LogP contribution in [0.3, 0.4) is 0 Å². The van der Waals surface area contributed by atoms with Crippen LogP contribution in [0.5, 0.6) is 11.5 Å². The molecule has 7 heteroatoms. The first-order valence-corrected chi connectivity index (χ1v) is 12.1. The summed E-state index contributed by atoms with van der Waals surface area (Å²) < 4.78 is 11.5. The van der Waals surface area contributed by atoms with Gasteiger partial charge in [-0.05, 0) is 83.4 Å². The highest BCUT2D eigenvalue weighted by Crippen LogP contribution is 2.20. The van der Waals surface area contributed by atoms with Gasteiger partial charge in [0.25, 0.3) is 5.91 Å². The van der Waals surface area contributed by atoms with Crippen LogP contribution in [0.4, 0.5) is 5.69 Å². The molecule has 0 spiro atoms. The van der Waals surface area contributed by atoms with E-state index < -0.39 is 5.91 Å². The largest absolute Gasteiger partial charge is 0.489 e. The highest BCUT2D eigenvalue weighted by atomic mass is 35.5. The quantitative estimate of drug-likeness (QED) is 0.178. The minimum Gasteiger partial charge on any atom is -0.489 e. The molecule has 1 N–H and O–H groups in total. The van der Waals surface area contributed by atoms with Crippen molar-refractivity contribution in [3.8, 4) is 17.6 Å². The number of nitrogens with zero attached hydrogens (tertiary/aromatic N) is 1. The monoisotopic (exact) mass is 528 g/mol. The minimum atomic E-state index is -0.500. The summed E-state index contributed by atoms with van der Waals surface area (Å²) in [5, 5.41) is 13.6. The lowest BCUT2D eigenvalue weighted by Gasteiger charge is -2.09. The maximum Gasteiger partial charge on any atom is 0.266 e. The lowest BCUT2D eigenvalue weighted by atomic mass is 10.1. The summed E-state index contributed by atoms with van der Waals surface area (Å²) in [6.07, 6.45) is 1.53. The van der Waals surface area contributed by atoms with Crippen molar-refractivity contribution < 1.29 is 14.3 Å². The molecule has 0 aliphatic rings. The molecule has 184 valence electrons. The number of carbonyl (C=O) groups is 1. The highest BCUT2D eigenvalue weighted by Gasteiger charge is 2.10. The maximum absolute atomic E-state index is 12.6. The maximum atomic E-state index is 12.6. The number of carbonyl (C=O) groups excluding carboxylic acids is 1. The van der Waals surface area contributed by atoms with Gasteiger partial charge in [0, 0.05) is 15.7 Å². The van der Waals surface area contributed by atoms with Gasteiger partial charge in [-0.25, -0.2) is 0 Å². The van der Waals surface area contributed by atoms with Gasteiger partial charge >= 0.3 is 0 Å². The topological polar surface area (TPSA) is 71.3 Å². The fraction of sp³-hybridized carbons (Fsp3) is 0.0667. The Kier molecular flexibility index (Phi) is 8.83. The molecule has 4 aromatic carbocycles. The van der Waals surface area contributed by atoms with E-state index in [9.17, 15) is 10.1 Å². The van der Waals surface area contributed by atoms with Crippen LogP contribution in [0.25, 0.3) is 6.08 Å². The molecular formula is C30H22Cl2N2O3. The van der Waals surface area contributed by atoms with E-state index in [1.54, 1.807) is 48.5 Å². The van der Waals surface area contributed by atoms with Gasteiger partial charge in [-0.2, -0.15) is 5.26 Å². The van der Waals surface area contributed by atoms with Crippen molar-refractivity contribution in [2.24, 2.45) is 0 Å². The molecule has 0 saturated heterocycles. The number of hydrogen-bond donors (Lipinski definition) is 1. The lowest BCUT2D eigenvalue weighted by Crippen LogP contribution is -2.13. The molecule has 0 aliphatic carbocycles. The Morgan fingerprint density at radius 1 is 0.730 bits per heavy atom. The number of anilines is 1. The SMILES string of the molecule is N#C/C(=C\c1ccc(OCc2ccc(Cl)cc2)cc1)C(=O)Nc1ccc(OCc2ccc(Cl)cc2)cc1. The van der Waals surface area contributed by atoms with Crippen LogP contribution in [0.2, 0.25) is 10.0 Å². The third kappa shape index (κ3) is 7.88. The smallest absolute Gasteiger partial charge is 0.266 e. The van der Waals surface area contributed by atoms with E-state index in [0.29, 0.717) is 46.0 Å². The van der Waals surface area contributed by atoms with Crippen molar-refractivity contribution in [2.75, 3.05) is 5.32 Å². The Bertz CT molecular complexity index is 1410. The van der Waals surface area contributed by atoms with Crippen LogP contribution in [-0.4, -0.2) is 5.91 Å². The van der Waals surface area contributed by atoms with Crippen molar-refractivity contribution in [3.05, 3.63) is 129 Å². The Morgan fingerprint density at radius 2 is 1.19 bits per heavy atom. The first kappa shape index (κ1) is 25.8. The molecule has 0 fully saturated rings. The summed E-state index contributed by atoms with van der Waals surface area (Å²) in [5.74, 6) is 0.830. The molecule has 0 unspecified atom stereocenters. The van der Waals surface area contributed by atoms with Gasteiger partial charge in [0.05, 0.1) is 0 Å². The van der Waals surface area contributed by atoms with Crippen molar-refractivity contribution >= 4 is 40.9 Å². The highest BCUT2D eigenvalue weighted by molar-refractivity contribution is 6.30. The number of rotatable bonds is 9. The molecule has 0 heterocycles. The molecule has 0 saturated carbocycles. The number of ether oxygens (including phenoxy) is 2. The van der Waals surface area contributed by atoms with Crippen LogP contribution in [-0.2, 0) is 18.0 Å². The molecule has 5 nitrogen and oxygen atoms in total. The average molecular weight is 529 g/mol. The van der Waals surface area contributed by atoms with E-state index in [1.165, 1.54) is 6.08 Å². The summed E-state index contributed by atoms with van der Waals surface area (Å²) in [7, 11) is 0. The number of halogens is 2. The van der Waals surface area contributed by atoms with Gasteiger partial charge in [0.2, 0.25) is 0 Å². The van der Waals surface area contributed by atoms with Crippen molar-refractivity contribution in [3.63, 3.8) is 0 Å². The normalized spacial score (nSPS) is 10.9. The van der Waals surface area contributed by atoms with E-state index in [1.807, 2.05) is 54.6 Å². The average Bonchev–Trinajstić information content (AvgIpc) is 2.92. The third-order valence-electron chi connectivity index (χ3n) is 5.31. The number of hydrogen-bond acceptors (Lipinski definition) is 4. The van der Waals surface area contributed by atoms with Gasteiger partial charge in [0.1, 0.15) is 36.4 Å². The number of amides is 1. The van der Waals surface area contributed by atoms with E-state index in [2.05, 4.69) is 5.32 Å². The van der Waals surface area contributed by atoms with Gasteiger partial charge < -0.3 is 14.8 Å². The van der Waals surface area contributed by atoms with E-state index in [4.69, 9.17) is 32.7 Å². The number of nitrogens with one attached hydrogen (secondary N) is 1. The summed E-state index contributed by atoms with van der Waals surface area (Å²) in [6, 6.07) is 30.9. The number of nitriles is 1. The van der Waals surface area contributed by atoms with Crippen LogP contribution in [0.1, 0.15) is 16.7 Å². The zero-order chi connectivity index (χ0) is 26.0. The Morgan fingerprint density at radius 3 is 1.65 bits per heavy atom. The van der Waals surface area contributed by atoms with Crippen LogP contribution in [0, 0.1) is 11.3 Å². The summed E-state index contributed by atoms with van der Waals surface area (Å²) in [4.78, 5) is 12.6. The van der Waals surface area contributed by atoms with E-state index >= 15 is 0 Å². The molecule has 0 aromatic heterocycles. The zero-order valence-electron chi connectivity index (χ0n) is 19.7. The van der Waals surface area contributed by atoms with Crippen LogP contribution >= 0.6 is 23.2 Å². The molecule has 0 bridgehead atoms. The molecular weight excluding hydrogens is 507 g/mol. The van der Waals surface area contributed by atoms with Crippen LogP contribution in [0.15, 0.2) is 103 Å². The zero-order valence-corrected chi connectivity index (χ0v) is 21.2. The lowest BCUT2D eigenvalue weighted by molar-refractivity contribution is -0.112. The predicted octanol–water partition coefficient (Wildman–Crippen LogP) is 7.70. The van der Waals surface area contributed by atoms with Crippen molar-refractivity contribution in [1.82, 2.24) is 0 Å². The second-order valence-corrected chi connectivity index (χ2v) is 8.92. The standard InChI is InChI=1S/C30H22Cl2N2O3/c31-25-7-1-22(2-8-25)19-36-28-13-5-21(6-14-28)17-24(18-33)30(35)34-27-11-15-29(16-12-27)37-20-23-3-9-26(32)10-4-23/h1-17H,19-20H2,(H,34,35)/b24-17+. The number of benzene rings is 4. The van der Waals surface area contributed by atoms with E-state index in [0.717, 1.165) is 11.1 Å². The summed E-state index contributed by atoms with van der Waals surface area (Å²) in [5.41, 5.74) is 3.23. The predicted molar refractivity (Wildman–Crippen MR) is 147 cm³/mol. The Balaban J connectivity index is 1.31. The first-order chi connectivity index (χ1) is 18.0. The fourth-order valence-corrected chi connectivity index (χ4v) is 3.56. The first-order valence-electron chi connectivity index (χ1n) is 11.4. The van der Waals surface area contributed by atoms with Crippen molar-refractivity contribution in [1.29, 1.82) is 5.26 Å². The summed E-state index contributed by atoms with van der Waals surface area (Å²) >= 11 is 11.8. The fourth-order valence-electron chi connectivity index (χ4n) is 3.30. The van der Waals surface area contributed by atoms with Gasteiger partial charge in [-0.1, -0.05) is 59.6 Å². The van der Waals surface area contributed by atoms with Gasteiger partial charge in [-0.3, -0.25) is 4.79 Å². The molecule has 37 heavy (non-hydrogen) atoms. The molecule has 0 radical (unpaired) electrons. The second kappa shape index (κ2) is 12.6. The minimum absolute atomic E-state index is 0.0158. The molecule has 0 aliphatic heterocycles. The summed E-state index contributed by atoms with van der Waals surface area (Å²) in [6.45, 7) is 0.804. The molecule has 4 aromatic rings. The van der Waals surface area contributed by atoms with Gasteiger partial charge in [0.15, 0.2) is 0 Å². The second-order valence-electron chi connectivity index (χ2n) is 8.05. The van der Waals surface area contributed by atoms with Crippen molar-refractivity contribution in [2.45, 2.75) is 13.2 Å². The Hall–Kier alpha value is -4.24. The molecule has 0 atom stereocenters. The third-order valence-corrected chi connectivity index (χ3v) is 5.81. The molecule has 1 amide bonds. The Labute approximate surface area is 225 Å². The van der Waals surface area contributed by atoms with Crippen LogP contribution < -0.4 is 14.8 Å².